The number of anilines is 1. The number of aromatic nitrogens is 1. The van der Waals surface area contributed by atoms with E-state index in [1.807, 2.05) is 23.9 Å². The fourth-order valence-electron chi connectivity index (χ4n) is 1.60. The molecular weight excluding hydrogens is 236 g/mol. The minimum Gasteiger partial charge on any atom is -0.381 e. The number of hydrogen-bond donors (Lipinski definition) is 1. The summed E-state index contributed by atoms with van der Waals surface area (Å²) in [5, 5.41) is 4.27. The van der Waals surface area contributed by atoms with Crippen molar-refractivity contribution in [2.24, 2.45) is 0 Å². The number of rotatable bonds is 3. The van der Waals surface area contributed by atoms with Crippen LogP contribution < -0.4 is 5.73 Å². The second-order valence-electron chi connectivity index (χ2n) is 3.92. The average Bonchev–Trinajstić information content (AvgIpc) is 2.71. The topological polar surface area (TPSA) is 61.3 Å². The Labute approximate surface area is 103 Å². The maximum atomic E-state index is 5.51. The summed E-state index contributed by atoms with van der Waals surface area (Å²) in [4.78, 5) is 1.24. The van der Waals surface area contributed by atoms with E-state index in [1.54, 1.807) is 6.07 Å². The normalized spacial score (nSPS) is 15.8. The molecule has 1 aromatic carbocycles. The van der Waals surface area contributed by atoms with Crippen LogP contribution in [0.1, 0.15) is 0 Å². The van der Waals surface area contributed by atoms with Gasteiger partial charge >= 0.3 is 0 Å². The highest BCUT2D eigenvalue weighted by atomic mass is 32.2. The molecule has 0 spiro atoms. The second-order valence-corrected chi connectivity index (χ2v) is 5.29. The van der Waals surface area contributed by atoms with Crippen LogP contribution >= 0.6 is 11.8 Å². The van der Waals surface area contributed by atoms with E-state index in [0.717, 1.165) is 18.8 Å². The summed E-state index contributed by atoms with van der Waals surface area (Å²) in [6, 6.07) is 9.92. The summed E-state index contributed by atoms with van der Waals surface area (Å²) in [6.07, 6.45) is 0. The molecule has 0 amide bonds. The SMILES string of the molecule is Nc1cc(-c2ccc(SC3COC3)cc2)on1. The summed E-state index contributed by atoms with van der Waals surface area (Å²) in [5.41, 5.74) is 6.50. The molecule has 0 bridgehead atoms. The molecule has 1 aromatic heterocycles. The van der Waals surface area contributed by atoms with Gasteiger partial charge in [0.05, 0.1) is 18.5 Å². The summed E-state index contributed by atoms with van der Waals surface area (Å²) in [7, 11) is 0. The van der Waals surface area contributed by atoms with Gasteiger partial charge in [0.2, 0.25) is 0 Å². The quantitative estimate of drug-likeness (QED) is 0.903. The molecule has 2 N–H and O–H groups in total. The largest absolute Gasteiger partial charge is 0.381 e. The Morgan fingerprint density at radius 3 is 2.53 bits per heavy atom. The third-order valence-electron chi connectivity index (χ3n) is 2.58. The van der Waals surface area contributed by atoms with E-state index < -0.39 is 0 Å². The molecular formula is C12H12N2O2S. The van der Waals surface area contributed by atoms with Crippen LogP contribution in [0.5, 0.6) is 0 Å². The molecule has 0 saturated carbocycles. The zero-order valence-electron chi connectivity index (χ0n) is 9.13. The highest BCUT2D eigenvalue weighted by Crippen LogP contribution is 2.30. The van der Waals surface area contributed by atoms with E-state index in [9.17, 15) is 0 Å². The van der Waals surface area contributed by atoms with E-state index in [-0.39, 0.29) is 0 Å². The Bertz CT molecular complexity index is 505. The Hall–Kier alpha value is -1.46. The number of ether oxygens (including phenoxy) is 1. The van der Waals surface area contributed by atoms with Gasteiger partial charge in [0, 0.05) is 16.5 Å². The molecule has 2 heterocycles. The molecule has 1 aliphatic rings. The van der Waals surface area contributed by atoms with Crippen molar-refractivity contribution < 1.29 is 9.26 Å². The monoisotopic (exact) mass is 248 g/mol. The number of hydrogen-bond acceptors (Lipinski definition) is 5. The first kappa shape index (κ1) is 10.7. The zero-order valence-corrected chi connectivity index (χ0v) is 9.94. The van der Waals surface area contributed by atoms with Crippen molar-refractivity contribution in [2.45, 2.75) is 10.1 Å². The molecule has 1 fully saturated rings. The van der Waals surface area contributed by atoms with Gasteiger partial charge in [-0.2, -0.15) is 0 Å². The van der Waals surface area contributed by atoms with Crippen molar-refractivity contribution in [3.63, 3.8) is 0 Å². The number of benzene rings is 1. The van der Waals surface area contributed by atoms with E-state index >= 15 is 0 Å². The van der Waals surface area contributed by atoms with Crippen molar-refractivity contribution in [1.29, 1.82) is 0 Å². The number of nitrogens with zero attached hydrogens (tertiary/aromatic N) is 1. The van der Waals surface area contributed by atoms with Crippen LogP contribution in [0.25, 0.3) is 11.3 Å². The third kappa shape index (κ3) is 2.30. The number of thioether (sulfide) groups is 1. The van der Waals surface area contributed by atoms with Crippen LogP contribution in [0, 0.1) is 0 Å². The van der Waals surface area contributed by atoms with Gasteiger partial charge in [-0.3, -0.25) is 0 Å². The fourth-order valence-corrected chi connectivity index (χ4v) is 2.60. The molecule has 88 valence electrons. The van der Waals surface area contributed by atoms with Crippen molar-refractivity contribution in [3.8, 4) is 11.3 Å². The highest BCUT2D eigenvalue weighted by Gasteiger charge is 2.19. The predicted octanol–water partition coefficient (Wildman–Crippen LogP) is 2.41. The zero-order chi connectivity index (χ0) is 11.7. The van der Waals surface area contributed by atoms with Gasteiger partial charge in [-0.15, -0.1) is 11.8 Å². The van der Waals surface area contributed by atoms with Crippen molar-refractivity contribution in [1.82, 2.24) is 5.16 Å². The lowest BCUT2D eigenvalue weighted by molar-refractivity contribution is 0.0455. The minimum atomic E-state index is 0.407. The molecule has 0 unspecified atom stereocenters. The van der Waals surface area contributed by atoms with E-state index in [1.165, 1.54) is 4.90 Å². The summed E-state index contributed by atoms with van der Waals surface area (Å²) >= 11 is 1.84. The summed E-state index contributed by atoms with van der Waals surface area (Å²) in [6.45, 7) is 1.70. The molecule has 4 nitrogen and oxygen atoms in total. The average molecular weight is 248 g/mol. The molecule has 3 rings (SSSR count). The lowest BCUT2D eigenvalue weighted by atomic mass is 10.2. The van der Waals surface area contributed by atoms with Crippen LogP contribution in [0.3, 0.4) is 0 Å². The number of nitrogen functional groups attached to an aromatic ring is 1. The summed E-state index contributed by atoms with van der Waals surface area (Å²) < 4.78 is 10.2. The molecule has 0 aliphatic carbocycles. The van der Waals surface area contributed by atoms with Crippen molar-refractivity contribution >= 4 is 17.6 Å². The first-order valence-corrected chi connectivity index (χ1v) is 6.26. The van der Waals surface area contributed by atoms with Gasteiger partial charge < -0.3 is 15.0 Å². The van der Waals surface area contributed by atoms with Gasteiger partial charge in [-0.1, -0.05) is 17.3 Å². The van der Waals surface area contributed by atoms with Gasteiger partial charge in [0.15, 0.2) is 11.6 Å². The second kappa shape index (κ2) is 4.43. The van der Waals surface area contributed by atoms with Gasteiger partial charge in [0.1, 0.15) is 0 Å². The standard InChI is InChI=1S/C12H12N2O2S/c13-12-5-11(16-14-12)8-1-3-9(4-2-8)17-10-6-15-7-10/h1-5,10H,6-7H2,(H2,13,14). The molecule has 1 aliphatic heterocycles. The molecule has 17 heavy (non-hydrogen) atoms. The van der Waals surface area contributed by atoms with Crippen molar-refractivity contribution in [2.75, 3.05) is 18.9 Å². The Balaban J connectivity index is 1.75. The third-order valence-corrected chi connectivity index (χ3v) is 3.73. The first-order valence-electron chi connectivity index (χ1n) is 5.38. The van der Waals surface area contributed by atoms with Crippen molar-refractivity contribution in [3.05, 3.63) is 30.3 Å². The van der Waals surface area contributed by atoms with Gasteiger partial charge in [-0.25, -0.2) is 0 Å². The Kier molecular flexibility index (Phi) is 2.78. The number of nitrogens with two attached hydrogens (primary N) is 1. The maximum absolute atomic E-state index is 5.51. The van der Waals surface area contributed by atoms with Gasteiger partial charge in [-0.05, 0) is 12.1 Å². The van der Waals surface area contributed by atoms with Crippen LogP contribution in [0.4, 0.5) is 5.82 Å². The Morgan fingerprint density at radius 2 is 2.00 bits per heavy atom. The highest BCUT2D eigenvalue weighted by molar-refractivity contribution is 8.00. The molecule has 2 aromatic rings. The first-order chi connectivity index (χ1) is 8.31. The summed E-state index contributed by atoms with van der Waals surface area (Å²) in [5.74, 6) is 1.11. The minimum absolute atomic E-state index is 0.407. The van der Waals surface area contributed by atoms with Crippen LogP contribution in [-0.4, -0.2) is 23.6 Å². The van der Waals surface area contributed by atoms with Crippen LogP contribution in [0.15, 0.2) is 39.8 Å². The smallest absolute Gasteiger partial charge is 0.169 e. The van der Waals surface area contributed by atoms with E-state index in [2.05, 4.69) is 17.3 Å². The Morgan fingerprint density at radius 1 is 1.24 bits per heavy atom. The molecule has 5 heteroatoms. The maximum Gasteiger partial charge on any atom is 0.169 e. The van der Waals surface area contributed by atoms with Gasteiger partial charge in [0.25, 0.3) is 0 Å². The van der Waals surface area contributed by atoms with Crippen LogP contribution in [-0.2, 0) is 4.74 Å². The molecule has 1 saturated heterocycles. The molecule has 0 atom stereocenters. The lowest BCUT2D eigenvalue weighted by Crippen LogP contribution is -2.29. The van der Waals surface area contributed by atoms with Crippen LogP contribution in [0.2, 0.25) is 0 Å². The fraction of sp³-hybridized carbons (Fsp3) is 0.250. The predicted molar refractivity (Wildman–Crippen MR) is 66.8 cm³/mol. The lowest BCUT2D eigenvalue weighted by Gasteiger charge is -2.25. The van der Waals surface area contributed by atoms with E-state index in [0.29, 0.717) is 16.8 Å². The van der Waals surface area contributed by atoms with E-state index in [4.69, 9.17) is 15.0 Å². The molecule has 0 radical (unpaired) electrons.